The van der Waals surface area contributed by atoms with Gasteiger partial charge in [0.05, 0.1) is 24.1 Å². The number of imidazole rings is 2. The summed E-state index contributed by atoms with van der Waals surface area (Å²) in [5.74, 6) is 1.13. The number of anilines is 1. The minimum absolute atomic E-state index is 0.0541. The van der Waals surface area contributed by atoms with Crippen LogP contribution in [0.15, 0.2) is 6.20 Å². The van der Waals surface area contributed by atoms with Crippen molar-refractivity contribution in [2.24, 2.45) is 0 Å². The molecule has 0 saturated heterocycles. The Labute approximate surface area is 139 Å². The van der Waals surface area contributed by atoms with Crippen molar-refractivity contribution in [3.8, 4) is 0 Å². The lowest BCUT2D eigenvalue weighted by atomic mass is 9.93. The number of rotatable bonds is 1. The maximum Gasteiger partial charge on any atom is 0.214 e. The Morgan fingerprint density at radius 3 is 2.61 bits per heavy atom. The predicted octanol–water partition coefficient (Wildman–Crippen LogP) is 2.92. The van der Waals surface area contributed by atoms with E-state index in [2.05, 4.69) is 50.3 Å². The molecule has 0 bridgehead atoms. The van der Waals surface area contributed by atoms with E-state index in [9.17, 15) is 0 Å². The van der Waals surface area contributed by atoms with Gasteiger partial charge in [-0.2, -0.15) is 0 Å². The van der Waals surface area contributed by atoms with E-state index in [-0.39, 0.29) is 5.41 Å². The Hall–Kier alpha value is -1.89. The van der Waals surface area contributed by atoms with Crippen molar-refractivity contribution in [1.29, 1.82) is 0 Å². The van der Waals surface area contributed by atoms with Gasteiger partial charge in [-0.05, 0) is 13.8 Å². The summed E-state index contributed by atoms with van der Waals surface area (Å²) in [4.78, 5) is 12.7. The highest BCUT2D eigenvalue weighted by atomic mass is 32.1. The highest BCUT2D eigenvalue weighted by Crippen LogP contribution is 2.29. The fourth-order valence-corrected chi connectivity index (χ4v) is 3.86. The Balaban J connectivity index is 1.64. The Bertz CT molecular complexity index is 847. The molecule has 0 amide bonds. The summed E-state index contributed by atoms with van der Waals surface area (Å²) in [6, 6.07) is 0. The third kappa shape index (κ3) is 2.34. The molecule has 3 aromatic heterocycles. The first-order valence-corrected chi connectivity index (χ1v) is 8.79. The summed E-state index contributed by atoms with van der Waals surface area (Å²) in [7, 11) is 0. The first-order chi connectivity index (χ1) is 10.8. The van der Waals surface area contributed by atoms with Crippen molar-refractivity contribution in [2.45, 2.75) is 53.1 Å². The van der Waals surface area contributed by atoms with E-state index < -0.39 is 0 Å². The predicted molar refractivity (Wildman–Crippen MR) is 92.3 cm³/mol. The van der Waals surface area contributed by atoms with Crippen molar-refractivity contribution in [1.82, 2.24) is 24.1 Å². The Kier molecular flexibility index (Phi) is 3.07. The standard InChI is InChI=1S/C16H22N6S/c1-10-11(2)21-7-6-20(9-13(21)17-10)15-19-22-8-12(16(3,4)5)18-14(22)23-15/h8H,6-7,9H2,1-5H3. The molecule has 1 aliphatic heterocycles. The molecule has 0 unspecified atom stereocenters. The zero-order chi connectivity index (χ0) is 16.4. The lowest BCUT2D eigenvalue weighted by Gasteiger charge is -2.27. The van der Waals surface area contributed by atoms with Crippen LogP contribution in [-0.2, 0) is 18.5 Å². The Morgan fingerprint density at radius 2 is 1.91 bits per heavy atom. The van der Waals surface area contributed by atoms with Crippen LogP contribution in [0, 0.1) is 13.8 Å². The van der Waals surface area contributed by atoms with Gasteiger partial charge in [-0.25, -0.2) is 14.5 Å². The van der Waals surface area contributed by atoms with E-state index in [1.807, 2.05) is 4.52 Å². The number of hydrogen-bond donors (Lipinski definition) is 0. The smallest absolute Gasteiger partial charge is 0.214 e. The van der Waals surface area contributed by atoms with Crippen molar-refractivity contribution in [3.63, 3.8) is 0 Å². The molecule has 3 aromatic rings. The van der Waals surface area contributed by atoms with Gasteiger partial charge < -0.3 is 9.47 Å². The van der Waals surface area contributed by atoms with Gasteiger partial charge in [-0.1, -0.05) is 32.1 Å². The van der Waals surface area contributed by atoms with Crippen molar-refractivity contribution in [2.75, 3.05) is 11.4 Å². The highest BCUT2D eigenvalue weighted by Gasteiger charge is 2.24. The van der Waals surface area contributed by atoms with Crippen LogP contribution in [0.5, 0.6) is 0 Å². The molecule has 0 atom stereocenters. The SMILES string of the molecule is Cc1nc2n(c1C)CCN(c1nn3cc(C(C)(C)C)nc3s1)C2. The van der Waals surface area contributed by atoms with Crippen LogP contribution in [0.2, 0.25) is 0 Å². The van der Waals surface area contributed by atoms with Gasteiger partial charge in [0, 0.05) is 24.2 Å². The van der Waals surface area contributed by atoms with Crippen molar-refractivity contribution in [3.05, 3.63) is 29.1 Å². The van der Waals surface area contributed by atoms with Crippen LogP contribution in [0.3, 0.4) is 0 Å². The van der Waals surface area contributed by atoms with Crippen LogP contribution in [-0.4, -0.2) is 30.7 Å². The van der Waals surface area contributed by atoms with Gasteiger partial charge in [0.25, 0.3) is 0 Å². The van der Waals surface area contributed by atoms with Gasteiger partial charge in [0.1, 0.15) is 5.82 Å². The van der Waals surface area contributed by atoms with Crippen molar-refractivity contribution < 1.29 is 0 Å². The number of nitrogens with zero attached hydrogens (tertiary/aromatic N) is 6. The summed E-state index contributed by atoms with van der Waals surface area (Å²) in [6.45, 7) is 13.5. The second-order valence-electron chi connectivity index (χ2n) is 7.26. The monoisotopic (exact) mass is 330 g/mol. The van der Waals surface area contributed by atoms with E-state index in [4.69, 9.17) is 15.1 Å². The van der Waals surface area contributed by atoms with E-state index >= 15 is 0 Å². The third-order valence-corrected chi connectivity index (χ3v) is 5.52. The van der Waals surface area contributed by atoms with Crippen molar-refractivity contribution >= 4 is 21.4 Å². The lowest BCUT2D eigenvalue weighted by Crippen LogP contribution is -2.34. The molecule has 23 heavy (non-hydrogen) atoms. The number of aryl methyl sites for hydroxylation is 1. The summed E-state index contributed by atoms with van der Waals surface area (Å²) in [5, 5.41) is 5.76. The number of aromatic nitrogens is 5. The maximum absolute atomic E-state index is 4.73. The molecule has 0 radical (unpaired) electrons. The lowest BCUT2D eigenvalue weighted by molar-refractivity contribution is 0.548. The molecule has 7 heteroatoms. The maximum atomic E-state index is 4.73. The normalized spacial score (nSPS) is 15.4. The summed E-state index contributed by atoms with van der Waals surface area (Å²) < 4.78 is 4.24. The fraction of sp³-hybridized carbons (Fsp3) is 0.562. The first-order valence-electron chi connectivity index (χ1n) is 7.97. The first kappa shape index (κ1) is 14.7. The summed E-state index contributed by atoms with van der Waals surface area (Å²) >= 11 is 1.66. The minimum Gasteiger partial charge on any atom is -0.337 e. The fourth-order valence-electron chi connectivity index (χ4n) is 2.95. The van der Waals surface area contributed by atoms with Crippen LogP contribution in [0.1, 0.15) is 43.7 Å². The van der Waals surface area contributed by atoms with Crippen LogP contribution in [0.25, 0.3) is 4.96 Å². The minimum atomic E-state index is 0.0541. The van der Waals surface area contributed by atoms with Gasteiger partial charge in [-0.15, -0.1) is 5.10 Å². The van der Waals surface area contributed by atoms with Gasteiger partial charge >= 0.3 is 0 Å². The van der Waals surface area contributed by atoms with E-state index in [1.54, 1.807) is 11.3 Å². The second kappa shape index (κ2) is 4.80. The van der Waals surface area contributed by atoms with Crippen LogP contribution in [0.4, 0.5) is 5.13 Å². The number of fused-ring (bicyclic) bond motifs is 2. The average molecular weight is 330 g/mol. The third-order valence-electron chi connectivity index (χ3n) is 4.53. The largest absolute Gasteiger partial charge is 0.337 e. The molecule has 0 fully saturated rings. The molecular formula is C16H22N6S. The van der Waals surface area contributed by atoms with Gasteiger partial charge in [-0.3, -0.25) is 0 Å². The van der Waals surface area contributed by atoms with Gasteiger partial charge in [0.2, 0.25) is 10.1 Å². The van der Waals surface area contributed by atoms with Crippen LogP contribution >= 0.6 is 11.3 Å². The molecule has 0 N–H and O–H groups in total. The molecule has 0 aromatic carbocycles. The Morgan fingerprint density at radius 1 is 1.13 bits per heavy atom. The molecule has 6 nitrogen and oxygen atoms in total. The quantitative estimate of drug-likeness (QED) is 0.688. The molecule has 0 aliphatic carbocycles. The summed E-state index contributed by atoms with van der Waals surface area (Å²) in [6.07, 6.45) is 2.05. The number of hydrogen-bond acceptors (Lipinski definition) is 5. The second-order valence-corrected chi connectivity index (χ2v) is 8.19. The topological polar surface area (TPSA) is 51.2 Å². The molecular weight excluding hydrogens is 308 g/mol. The molecule has 0 saturated carbocycles. The average Bonchev–Trinajstić information content (AvgIpc) is 3.10. The molecule has 4 heterocycles. The van der Waals surface area contributed by atoms with E-state index in [0.717, 1.165) is 46.9 Å². The van der Waals surface area contributed by atoms with Crippen LogP contribution < -0.4 is 4.90 Å². The summed E-state index contributed by atoms with van der Waals surface area (Å²) in [5.41, 5.74) is 3.55. The van der Waals surface area contributed by atoms with Gasteiger partial charge in [0.15, 0.2) is 0 Å². The van der Waals surface area contributed by atoms with E-state index in [1.165, 1.54) is 5.69 Å². The molecule has 1 aliphatic rings. The zero-order valence-electron chi connectivity index (χ0n) is 14.3. The highest BCUT2D eigenvalue weighted by molar-refractivity contribution is 7.20. The zero-order valence-corrected chi connectivity index (χ0v) is 15.1. The molecule has 122 valence electrons. The molecule has 4 rings (SSSR count). The van der Waals surface area contributed by atoms with E-state index in [0.29, 0.717) is 0 Å². The molecule has 0 spiro atoms.